The summed E-state index contributed by atoms with van der Waals surface area (Å²) >= 11 is 1.91. The Morgan fingerprint density at radius 3 is 2.81 bits per heavy atom. The summed E-state index contributed by atoms with van der Waals surface area (Å²) in [7, 11) is 2.17. The van der Waals surface area contributed by atoms with Crippen LogP contribution in [-0.2, 0) is 28.1 Å². The SMILES string of the molecule is CN1CSc2cccc(CN3CCC4(CC3)COc3cc5c(cc34)CN(C3CCC(=O)NC3=O)C5=O)c21. The molecule has 0 bridgehead atoms. The van der Waals surface area contributed by atoms with Gasteiger partial charge in [0.25, 0.3) is 5.91 Å². The number of nitrogens with one attached hydrogen (secondary N) is 1. The first kappa shape index (κ1) is 23.1. The number of hydrogen-bond donors (Lipinski definition) is 1. The highest BCUT2D eigenvalue weighted by Crippen LogP contribution is 2.48. The average Bonchev–Trinajstić information content (AvgIpc) is 3.54. The number of amides is 3. The lowest BCUT2D eigenvalue weighted by Crippen LogP contribution is -2.52. The van der Waals surface area contributed by atoms with Crippen molar-refractivity contribution in [1.82, 2.24) is 15.1 Å². The number of anilines is 1. The molecule has 5 aliphatic heterocycles. The van der Waals surface area contributed by atoms with Crippen molar-refractivity contribution < 1.29 is 19.1 Å². The molecule has 5 aliphatic rings. The van der Waals surface area contributed by atoms with Gasteiger partial charge < -0.3 is 14.5 Å². The van der Waals surface area contributed by atoms with Crippen LogP contribution in [0.15, 0.2) is 35.2 Å². The lowest BCUT2D eigenvalue weighted by atomic mass is 9.74. The van der Waals surface area contributed by atoms with Crippen LogP contribution in [0.2, 0.25) is 0 Å². The van der Waals surface area contributed by atoms with Gasteiger partial charge in [-0.25, -0.2) is 0 Å². The van der Waals surface area contributed by atoms with Crippen LogP contribution >= 0.6 is 11.8 Å². The van der Waals surface area contributed by atoms with E-state index in [1.54, 1.807) is 4.90 Å². The molecule has 3 amide bonds. The van der Waals surface area contributed by atoms with Gasteiger partial charge in [0.05, 0.1) is 18.2 Å². The number of imide groups is 1. The zero-order valence-electron chi connectivity index (χ0n) is 20.9. The molecule has 2 saturated heterocycles. The maximum Gasteiger partial charge on any atom is 0.255 e. The summed E-state index contributed by atoms with van der Waals surface area (Å²) in [4.78, 5) is 45.1. The van der Waals surface area contributed by atoms with E-state index >= 15 is 0 Å². The van der Waals surface area contributed by atoms with Crippen LogP contribution in [0.3, 0.4) is 0 Å². The van der Waals surface area contributed by atoms with Crippen LogP contribution in [-0.4, -0.2) is 66.2 Å². The number of carbonyl (C=O) groups excluding carboxylic acids is 3. The largest absolute Gasteiger partial charge is 0.492 e. The molecule has 2 fully saturated rings. The highest BCUT2D eigenvalue weighted by atomic mass is 32.2. The Labute approximate surface area is 220 Å². The fraction of sp³-hybridized carbons (Fsp3) is 0.464. The number of piperidine rings is 2. The molecule has 1 spiro atoms. The van der Waals surface area contributed by atoms with Crippen LogP contribution in [0.25, 0.3) is 0 Å². The van der Waals surface area contributed by atoms with Crippen molar-refractivity contribution in [2.24, 2.45) is 0 Å². The molecule has 9 heteroatoms. The predicted octanol–water partition coefficient (Wildman–Crippen LogP) is 2.87. The number of fused-ring (bicyclic) bond motifs is 4. The van der Waals surface area contributed by atoms with Crippen molar-refractivity contribution in [3.05, 3.63) is 52.6 Å². The lowest BCUT2D eigenvalue weighted by molar-refractivity contribution is -0.136. The van der Waals surface area contributed by atoms with Crippen molar-refractivity contribution in [3.8, 4) is 5.75 Å². The van der Waals surface area contributed by atoms with E-state index in [2.05, 4.69) is 46.4 Å². The van der Waals surface area contributed by atoms with Crippen LogP contribution < -0.4 is 15.0 Å². The standard InChI is InChI=1S/C28H30N4O4S/c1-30-16-37-23-4-2-3-17(25(23)30)13-31-9-7-28(8-10-31)15-36-22-12-19-18(11-20(22)28)14-32(27(19)35)21-5-6-24(33)29-26(21)34/h2-4,11-12,21H,5-10,13-16H2,1H3,(H,29,33,34). The molecule has 7 rings (SSSR count). The maximum absolute atomic E-state index is 13.2. The zero-order chi connectivity index (χ0) is 25.3. The van der Waals surface area contributed by atoms with Gasteiger partial charge in [0.2, 0.25) is 11.8 Å². The summed E-state index contributed by atoms with van der Waals surface area (Å²) in [6.07, 6.45) is 2.67. The van der Waals surface area contributed by atoms with Gasteiger partial charge in [-0.1, -0.05) is 12.1 Å². The van der Waals surface area contributed by atoms with E-state index in [0.717, 1.165) is 49.7 Å². The van der Waals surface area contributed by atoms with Crippen LogP contribution in [0.1, 0.15) is 52.7 Å². The Hall–Kier alpha value is -3.04. The van der Waals surface area contributed by atoms with Gasteiger partial charge in [0, 0.05) is 48.0 Å². The number of benzene rings is 2. The number of likely N-dealkylation sites (tertiary alicyclic amines) is 1. The normalized spacial score (nSPS) is 24.2. The highest BCUT2D eigenvalue weighted by Gasteiger charge is 2.46. The van der Waals surface area contributed by atoms with Gasteiger partial charge in [-0.05, 0) is 61.7 Å². The molecular formula is C28H30N4O4S. The van der Waals surface area contributed by atoms with E-state index in [-0.39, 0.29) is 29.6 Å². The van der Waals surface area contributed by atoms with Crippen molar-refractivity contribution in [2.75, 3.05) is 37.5 Å². The number of ether oxygens (including phenoxy) is 1. The molecule has 0 radical (unpaired) electrons. The summed E-state index contributed by atoms with van der Waals surface area (Å²) < 4.78 is 6.19. The van der Waals surface area contributed by atoms with Crippen LogP contribution in [0.4, 0.5) is 5.69 Å². The Bertz CT molecular complexity index is 1340. The summed E-state index contributed by atoms with van der Waals surface area (Å²) in [5, 5.41) is 2.38. The zero-order valence-corrected chi connectivity index (χ0v) is 21.7. The van der Waals surface area contributed by atoms with Gasteiger partial charge in [-0.15, -0.1) is 11.8 Å². The summed E-state index contributed by atoms with van der Waals surface area (Å²) in [5.41, 5.74) is 5.54. The van der Waals surface area contributed by atoms with Gasteiger partial charge in [-0.3, -0.25) is 24.6 Å². The minimum absolute atomic E-state index is 0.0305. The molecule has 192 valence electrons. The molecule has 1 unspecified atom stereocenters. The van der Waals surface area contributed by atoms with Gasteiger partial charge in [-0.2, -0.15) is 0 Å². The number of rotatable bonds is 3. The van der Waals surface area contributed by atoms with Gasteiger partial charge in [0.1, 0.15) is 11.8 Å². The van der Waals surface area contributed by atoms with E-state index in [1.165, 1.54) is 21.7 Å². The molecule has 2 aromatic carbocycles. The van der Waals surface area contributed by atoms with E-state index in [9.17, 15) is 14.4 Å². The molecule has 0 aromatic heterocycles. The predicted molar refractivity (Wildman–Crippen MR) is 140 cm³/mol. The Balaban J connectivity index is 1.08. The monoisotopic (exact) mass is 518 g/mol. The fourth-order valence-electron chi connectivity index (χ4n) is 6.69. The topological polar surface area (TPSA) is 82.2 Å². The molecule has 1 atom stereocenters. The molecule has 0 saturated carbocycles. The third-order valence-corrected chi connectivity index (χ3v) is 9.94. The van der Waals surface area contributed by atoms with E-state index in [1.807, 2.05) is 17.8 Å². The molecule has 37 heavy (non-hydrogen) atoms. The summed E-state index contributed by atoms with van der Waals surface area (Å²) in [6, 6.07) is 10.1. The smallest absolute Gasteiger partial charge is 0.255 e. The lowest BCUT2D eigenvalue weighted by Gasteiger charge is -2.39. The molecule has 0 aliphatic carbocycles. The van der Waals surface area contributed by atoms with E-state index in [0.29, 0.717) is 25.1 Å². The minimum Gasteiger partial charge on any atom is -0.492 e. The van der Waals surface area contributed by atoms with Crippen molar-refractivity contribution in [3.63, 3.8) is 0 Å². The number of thioether (sulfide) groups is 1. The highest BCUT2D eigenvalue weighted by molar-refractivity contribution is 7.99. The first-order valence-electron chi connectivity index (χ1n) is 13.0. The summed E-state index contributed by atoms with van der Waals surface area (Å²) in [6.45, 7) is 4.02. The van der Waals surface area contributed by atoms with Gasteiger partial charge in [0.15, 0.2) is 0 Å². The second-order valence-corrected chi connectivity index (χ2v) is 12.0. The number of nitrogens with zero attached hydrogens (tertiary/aromatic N) is 3. The number of hydrogen-bond acceptors (Lipinski definition) is 7. The molecule has 8 nitrogen and oxygen atoms in total. The quantitative estimate of drug-likeness (QED) is 0.626. The first-order chi connectivity index (χ1) is 17.9. The van der Waals surface area contributed by atoms with E-state index < -0.39 is 6.04 Å². The van der Waals surface area contributed by atoms with Crippen molar-refractivity contribution in [2.45, 2.75) is 55.1 Å². The van der Waals surface area contributed by atoms with Gasteiger partial charge >= 0.3 is 0 Å². The van der Waals surface area contributed by atoms with Crippen LogP contribution in [0.5, 0.6) is 5.75 Å². The summed E-state index contributed by atoms with van der Waals surface area (Å²) in [5.74, 6) is 1.03. The maximum atomic E-state index is 13.2. The Kier molecular flexibility index (Phi) is 5.30. The minimum atomic E-state index is -0.595. The third-order valence-electron chi connectivity index (χ3n) is 8.78. The number of carbonyl (C=O) groups is 3. The Morgan fingerprint density at radius 1 is 1.16 bits per heavy atom. The fourth-order valence-corrected chi connectivity index (χ4v) is 7.75. The molecule has 1 N–H and O–H groups in total. The first-order valence-corrected chi connectivity index (χ1v) is 14.0. The third kappa shape index (κ3) is 3.66. The van der Waals surface area contributed by atoms with Crippen molar-refractivity contribution in [1.29, 1.82) is 0 Å². The molecular weight excluding hydrogens is 488 g/mol. The average molecular weight is 519 g/mol. The molecule has 2 aromatic rings. The van der Waals surface area contributed by atoms with Crippen LogP contribution in [0, 0.1) is 0 Å². The Morgan fingerprint density at radius 2 is 2.00 bits per heavy atom. The second kappa shape index (κ2) is 8.49. The van der Waals surface area contributed by atoms with E-state index in [4.69, 9.17) is 4.74 Å². The second-order valence-electron chi connectivity index (χ2n) is 11.0. The van der Waals surface area contributed by atoms with Crippen molar-refractivity contribution >= 4 is 35.2 Å². The molecule has 5 heterocycles. The number of para-hydroxylation sites is 1.